The molecule has 3 aliphatic rings. The molecule has 1 atom stereocenters. The second-order valence-corrected chi connectivity index (χ2v) is 10.1. The van der Waals surface area contributed by atoms with E-state index in [0.29, 0.717) is 46.7 Å². The van der Waals surface area contributed by atoms with Gasteiger partial charge in [-0.05, 0) is 47.4 Å². The number of carbonyl (C=O) groups excluding carboxylic acids is 4. The molecule has 0 saturated carbocycles. The largest absolute Gasteiger partial charge is 0.338 e. The number of likely N-dealkylation sites (tertiary alicyclic amines) is 1. The van der Waals surface area contributed by atoms with E-state index in [1.807, 2.05) is 24.3 Å². The van der Waals surface area contributed by atoms with E-state index in [2.05, 4.69) is 16.0 Å². The molecule has 2 fully saturated rings. The number of non-ortho nitro benzene ring substituents is 1. The number of carbonyl (C=O) groups is 4. The van der Waals surface area contributed by atoms with E-state index in [1.165, 1.54) is 24.3 Å². The van der Waals surface area contributed by atoms with Gasteiger partial charge in [-0.3, -0.25) is 34.8 Å². The quantitative estimate of drug-likeness (QED) is 0.130. The Labute approximate surface area is 239 Å². The highest BCUT2D eigenvalue weighted by Gasteiger charge is 2.37. The summed E-state index contributed by atoms with van der Waals surface area (Å²) in [5.41, 5.74) is 4.02. The van der Waals surface area contributed by atoms with Crippen LogP contribution in [-0.2, 0) is 20.9 Å². The number of hydrogen-bond donors (Lipinski definition) is 3. The van der Waals surface area contributed by atoms with Crippen LogP contribution < -0.4 is 16.0 Å². The summed E-state index contributed by atoms with van der Waals surface area (Å²) in [7, 11) is 0. The standard InChI is InChI=1S/C30H24N6O6/c37-25-2-1-13-35(25)16-18-3-7-19(8-4-18)27(26-22-15-21(36(41)42)11-12-23(22)32-29(26)39)31-20-9-5-17(6-10-20)14-24-28(38)34-30(40)33-24/h3-12,14-15,26H,1-2,13,16H2,(H,32,39)(H2,33,34,38,40). The molecule has 3 aromatic rings. The first-order chi connectivity index (χ1) is 20.2. The fraction of sp³-hybridized carbons (Fsp3) is 0.167. The SMILES string of the molecule is O=C1NC(=O)C(=Cc2ccc(N=C(c3ccc(CN4CCCC4=O)cc3)C3C(=O)Nc4ccc([N+](=O)[O-])cc43)cc2)N1. The van der Waals surface area contributed by atoms with Gasteiger partial charge in [-0.2, -0.15) is 0 Å². The van der Waals surface area contributed by atoms with Crippen molar-refractivity contribution in [1.82, 2.24) is 15.5 Å². The highest BCUT2D eigenvalue weighted by atomic mass is 16.6. The first kappa shape index (κ1) is 26.6. The number of nitro groups is 1. The molecule has 0 aliphatic carbocycles. The van der Waals surface area contributed by atoms with E-state index < -0.39 is 22.8 Å². The minimum Gasteiger partial charge on any atom is -0.338 e. The zero-order valence-corrected chi connectivity index (χ0v) is 22.1. The molecule has 2 saturated heterocycles. The molecule has 0 radical (unpaired) electrons. The number of urea groups is 1. The molecule has 3 N–H and O–H groups in total. The summed E-state index contributed by atoms with van der Waals surface area (Å²) in [4.78, 5) is 66.2. The van der Waals surface area contributed by atoms with Crippen LogP contribution in [0.2, 0.25) is 0 Å². The molecule has 3 aromatic carbocycles. The van der Waals surface area contributed by atoms with Gasteiger partial charge in [-0.1, -0.05) is 36.4 Å². The Hall–Kier alpha value is -5.65. The molecule has 42 heavy (non-hydrogen) atoms. The van der Waals surface area contributed by atoms with E-state index in [1.54, 1.807) is 29.2 Å². The van der Waals surface area contributed by atoms with Gasteiger partial charge in [0.25, 0.3) is 11.6 Å². The van der Waals surface area contributed by atoms with E-state index in [4.69, 9.17) is 4.99 Å². The molecular formula is C30H24N6O6. The molecule has 6 rings (SSSR count). The minimum absolute atomic E-state index is 0.119. The van der Waals surface area contributed by atoms with Crippen molar-refractivity contribution in [3.05, 3.63) is 105 Å². The summed E-state index contributed by atoms with van der Waals surface area (Å²) in [6, 6.07) is 17.9. The number of nitrogens with zero attached hydrogens (tertiary/aromatic N) is 3. The van der Waals surface area contributed by atoms with Gasteiger partial charge < -0.3 is 15.5 Å². The van der Waals surface area contributed by atoms with Crippen molar-refractivity contribution < 1.29 is 24.1 Å². The van der Waals surface area contributed by atoms with Crippen molar-refractivity contribution in [1.29, 1.82) is 0 Å². The van der Waals surface area contributed by atoms with Gasteiger partial charge in [0.05, 0.1) is 16.3 Å². The second kappa shape index (κ2) is 10.7. The Balaban J connectivity index is 1.37. The van der Waals surface area contributed by atoms with Gasteiger partial charge in [0.15, 0.2) is 0 Å². The molecule has 0 aromatic heterocycles. The highest BCUT2D eigenvalue weighted by Crippen LogP contribution is 2.38. The van der Waals surface area contributed by atoms with Crippen LogP contribution in [0.5, 0.6) is 0 Å². The molecule has 0 spiro atoms. The Bertz CT molecular complexity index is 1710. The molecule has 12 nitrogen and oxygen atoms in total. The molecule has 210 valence electrons. The Kier molecular flexibility index (Phi) is 6.79. The number of nitro benzene ring substituents is 1. The maximum absolute atomic E-state index is 13.3. The average molecular weight is 565 g/mol. The predicted octanol–water partition coefficient (Wildman–Crippen LogP) is 3.75. The first-order valence-corrected chi connectivity index (χ1v) is 13.2. The summed E-state index contributed by atoms with van der Waals surface area (Å²) in [5, 5.41) is 18.9. The van der Waals surface area contributed by atoms with E-state index >= 15 is 0 Å². The molecule has 3 heterocycles. The topological polar surface area (TPSA) is 163 Å². The highest BCUT2D eigenvalue weighted by molar-refractivity contribution is 6.24. The lowest BCUT2D eigenvalue weighted by Crippen LogP contribution is -2.24. The number of fused-ring (bicyclic) bond motifs is 1. The number of nitrogens with one attached hydrogen (secondary N) is 3. The molecule has 0 bridgehead atoms. The van der Waals surface area contributed by atoms with Crippen molar-refractivity contribution in [2.24, 2.45) is 4.99 Å². The molecule has 1 unspecified atom stereocenters. The fourth-order valence-corrected chi connectivity index (χ4v) is 5.24. The normalized spacial score (nSPS) is 19.1. The lowest BCUT2D eigenvalue weighted by Gasteiger charge is -2.17. The van der Waals surface area contributed by atoms with Gasteiger partial charge in [0.1, 0.15) is 11.6 Å². The van der Waals surface area contributed by atoms with Crippen LogP contribution in [0.15, 0.2) is 77.4 Å². The van der Waals surface area contributed by atoms with Crippen LogP contribution in [0.1, 0.15) is 41.0 Å². The van der Waals surface area contributed by atoms with Crippen LogP contribution in [0.3, 0.4) is 0 Å². The lowest BCUT2D eigenvalue weighted by atomic mass is 9.90. The minimum atomic E-state index is -0.912. The van der Waals surface area contributed by atoms with Gasteiger partial charge in [0, 0.05) is 42.9 Å². The number of benzene rings is 3. The van der Waals surface area contributed by atoms with E-state index in [9.17, 15) is 29.3 Å². The zero-order valence-electron chi connectivity index (χ0n) is 22.1. The van der Waals surface area contributed by atoms with Crippen LogP contribution in [0.4, 0.5) is 21.9 Å². The van der Waals surface area contributed by atoms with Crippen molar-refractivity contribution in [3.8, 4) is 0 Å². The molecular weight excluding hydrogens is 540 g/mol. The van der Waals surface area contributed by atoms with Crippen LogP contribution in [0, 0.1) is 10.1 Å². The monoisotopic (exact) mass is 564 g/mol. The molecule has 3 aliphatic heterocycles. The van der Waals surface area contributed by atoms with Crippen LogP contribution in [-0.4, -0.2) is 45.8 Å². The second-order valence-electron chi connectivity index (χ2n) is 10.1. The predicted molar refractivity (Wildman–Crippen MR) is 153 cm³/mol. The maximum Gasteiger partial charge on any atom is 0.326 e. The summed E-state index contributed by atoms with van der Waals surface area (Å²) >= 11 is 0. The summed E-state index contributed by atoms with van der Waals surface area (Å²) in [6.45, 7) is 1.20. The van der Waals surface area contributed by atoms with Gasteiger partial charge in [-0.25, -0.2) is 4.79 Å². The number of aliphatic imine (C=N–C) groups is 1. The van der Waals surface area contributed by atoms with Crippen molar-refractivity contribution >= 4 is 52.6 Å². The number of rotatable bonds is 7. The van der Waals surface area contributed by atoms with Crippen molar-refractivity contribution in [3.63, 3.8) is 0 Å². The Morgan fingerprint density at radius 1 is 0.976 bits per heavy atom. The Morgan fingerprint density at radius 2 is 1.74 bits per heavy atom. The van der Waals surface area contributed by atoms with Gasteiger partial charge in [0.2, 0.25) is 11.8 Å². The smallest absolute Gasteiger partial charge is 0.326 e. The summed E-state index contributed by atoms with van der Waals surface area (Å²) in [6.07, 6.45) is 2.92. The lowest BCUT2D eigenvalue weighted by molar-refractivity contribution is -0.384. The maximum atomic E-state index is 13.3. The fourth-order valence-electron chi connectivity index (χ4n) is 5.24. The number of hydrogen-bond acceptors (Lipinski definition) is 7. The first-order valence-electron chi connectivity index (χ1n) is 13.2. The molecule has 5 amide bonds. The number of amides is 5. The van der Waals surface area contributed by atoms with Crippen LogP contribution >= 0.6 is 0 Å². The van der Waals surface area contributed by atoms with E-state index in [-0.39, 0.29) is 23.2 Å². The van der Waals surface area contributed by atoms with Crippen molar-refractivity contribution in [2.75, 3.05) is 11.9 Å². The van der Waals surface area contributed by atoms with Gasteiger partial charge >= 0.3 is 6.03 Å². The number of anilines is 1. The Morgan fingerprint density at radius 3 is 2.38 bits per heavy atom. The van der Waals surface area contributed by atoms with Crippen molar-refractivity contribution in [2.45, 2.75) is 25.3 Å². The van der Waals surface area contributed by atoms with Crippen LogP contribution in [0.25, 0.3) is 6.08 Å². The third-order valence-electron chi connectivity index (χ3n) is 7.32. The van der Waals surface area contributed by atoms with E-state index in [0.717, 1.165) is 18.5 Å². The molecule has 12 heteroatoms. The zero-order chi connectivity index (χ0) is 29.4. The average Bonchev–Trinajstić information content (AvgIpc) is 3.63. The van der Waals surface area contributed by atoms with Gasteiger partial charge in [-0.15, -0.1) is 0 Å². The number of imide groups is 1. The summed E-state index contributed by atoms with van der Waals surface area (Å²) < 4.78 is 0. The summed E-state index contributed by atoms with van der Waals surface area (Å²) in [5.74, 6) is -1.68. The third-order valence-corrected chi connectivity index (χ3v) is 7.32. The third kappa shape index (κ3) is 5.24.